The monoisotopic (exact) mass is 602 g/mol. The van der Waals surface area contributed by atoms with Crippen LogP contribution in [0.2, 0.25) is 0 Å². The SMILES string of the molecule is CCCCCCCCCCCCCC(O)CCCCCCCCCCCC.O=S(=O)(O)O.O=S(=O)(O)O.[NaH]. The Kier molecular flexibility index (Phi) is 40.8. The van der Waals surface area contributed by atoms with Crippen LogP contribution in [0, 0.1) is 0 Å². The van der Waals surface area contributed by atoms with Gasteiger partial charge in [0.15, 0.2) is 0 Å². The van der Waals surface area contributed by atoms with Crippen LogP contribution < -0.4 is 0 Å². The Morgan fingerprint density at radius 1 is 0.421 bits per heavy atom. The van der Waals surface area contributed by atoms with Gasteiger partial charge >= 0.3 is 50.4 Å². The molecule has 0 spiro atoms. The van der Waals surface area contributed by atoms with Gasteiger partial charge in [-0.05, 0) is 12.8 Å². The van der Waals surface area contributed by atoms with Crippen LogP contribution in [-0.2, 0) is 20.8 Å². The third-order valence-electron chi connectivity index (χ3n) is 6.03. The van der Waals surface area contributed by atoms with Gasteiger partial charge in [-0.25, -0.2) is 0 Å². The van der Waals surface area contributed by atoms with Crippen LogP contribution in [-0.4, -0.2) is 75.8 Å². The second-order valence-electron chi connectivity index (χ2n) is 9.84. The molecule has 5 N–H and O–H groups in total. The minimum atomic E-state index is -4.67. The average Bonchev–Trinajstić information content (AvgIpc) is 2.76. The summed E-state index contributed by atoms with van der Waals surface area (Å²) < 4.78 is 63.2. The zero-order valence-electron chi connectivity index (χ0n) is 23.5. The molecule has 0 fully saturated rings. The molecular formula is C26H59NaO9S2. The van der Waals surface area contributed by atoms with Crippen molar-refractivity contribution in [1.29, 1.82) is 0 Å². The molecule has 1 unspecified atom stereocenters. The maximum absolute atomic E-state index is 10.1. The summed E-state index contributed by atoms with van der Waals surface area (Å²) in [6.07, 6.45) is 31.1. The molecule has 0 aromatic carbocycles. The van der Waals surface area contributed by atoms with Crippen molar-refractivity contribution in [2.24, 2.45) is 0 Å². The van der Waals surface area contributed by atoms with Crippen molar-refractivity contribution in [2.45, 2.75) is 168 Å². The van der Waals surface area contributed by atoms with Crippen LogP contribution in [0.3, 0.4) is 0 Å². The standard InChI is InChI=1S/C26H54O.Na.2H2O4S.H/c1-3-5-7-9-11-13-15-17-19-21-23-25-26(27)24-22-20-18-16-14-12-10-8-6-4-2;;2*1-5(2,3)4;/h26-27H,3-25H2,1-2H3;;2*(H2,1,2,3,4);. The summed E-state index contributed by atoms with van der Waals surface area (Å²) in [5.41, 5.74) is 0. The molecule has 0 aliphatic carbocycles. The van der Waals surface area contributed by atoms with E-state index in [-0.39, 0.29) is 35.7 Å². The van der Waals surface area contributed by atoms with Crippen LogP contribution in [0.15, 0.2) is 0 Å². The van der Waals surface area contributed by atoms with Crippen LogP contribution >= 0.6 is 0 Å². The summed E-state index contributed by atoms with van der Waals surface area (Å²) in [6.45, 7) is 4.57. The Balaban J connectivity index is -0.000000443. The number of unbranched alkanes of at least 4 members (excludes halogenated alkanes) is 19. The van der Waals surface area contributed by atoms with Crippen LogP contribution in [0.4, 0.5) is 0 Å². The molecule has 0 saturated carbocycles. The number of hydrogen-bond acceptors (Lipinski definition) is 5. The molecule has 230 valence electrons. The van der Waals surface area contributed by atoms with Crippen molar-refractivity contribution in [2.75, 3.05) is 0 Å². The van der Waals surface area contributed by atoms with E-state index in [0.29, 0.717) is 0 Å². The molecule has 0 rings (SSSR count). The van der Waals surface area contributed by atoms with Gasteiger partial charge in [-0.3, -0.25) is 18.2 Å². The van der Waals surface area contributed by atoms with E-state index in [9.17, 15) is 5.11 Å². The van der Waals surface area contributed by atoms with Crippen LogP contribution in [0.25, 0.3) is 0 Å². The molecule has 0 aliphatic rings. The van der Waals surface area contributed by atoms with E-state index < -0.39 is 20.8 Å². The molecule has 12 heteroatoms. The first-order chi connectivity index (χ1) is 17.3. The second-order valence-corrected chi connectivity index (χ2v) is 11.6. The summed E-state index contributed by atoms with van der Waals surface area (Å²) in [5, 5.41) is 10.1. The first kappa shape index (κ1) is 45.7. The molecule has 0 amide bonds. The zero-order valence-corrected chi connectivity index (χ0v) is 25.2. The third kappa shape index (κ3) is 70.8. The van der Waals surface area contributed by atoms with E-state index in [1.807, 2.05) is 0 Å². The van der Waals surface area contributed by atoms with E-state index in [4.69, 9.17) is 35.0 Å². The van der Waals surface area contributed by atoms with E-state index >= 15 is 0 Å². The fourth-order valence-corrected chi connectivity index (χ4v) is 4.06. The minimum absolute atomic E-state index is 0. The van der Waals surface area contributed by atoms with Gasteiger partial charge < -0.3 is 5.11 Å². The van der Waals surface area contributed by atoms with Crippen molar-refractivity contribution < 1.29 is 40.2 Å². The Morgan fingerprint density at radius 3 is 0.763 bits per heavy atom. The summed E-state index contributed by atoms with van der Waals surface area (Å²) in [4.78, 5) is 0. The molecule has 0 aromatic heterocycles. The average molecular weight is 603 g/mol. The van der Waals surface area contributed by atoms with Crippen molar-refractivity contribution in [1.82, 2.24) is 0 Å². The molecule has 38 heavy (non-hydrogen) atoms. The van der Waals surface area contributed by atoms with Gasteiger partial charge in [0.2, 0.25) is 0 Å². The van der Waals surface area contributed by atoms with Crippen molar-refractivity contribution in [3.05, 3.63) is 0 Å². The zero-order chi connectivity index (χ0) is 28.8. The number of aliphatic hydroxyl groups excluding tert-OH is 1. The van der Waals surface area contributed by atoms with Gasteiger partial charge in [-0.1, -0.05) is 149 Å². The maximum atomic E-state index is 10.1. The molecule has 0 aromatic rings. The number of rotatable bonds is 23. The molecular weight excluding hydrogens is 543 g/mol. The molecule has 0 saturated heterocycles. The van der Waals surface area contributed by atoms with Crippen LogP contribution in [0.1, 0.15) is 162 Å². The predicted molar refractivity (Wildman–Crippen MR) is 159 cm³/mol. The normalized spacial score (nSPS) is 12.0. The molecule has 0 aliphatic heterocycles. The van der Waals surface area contributed by atoms with Gasteiger partial charge in [-0.2, -0.15) is 16.8 Å². The fraction of sp³-hybridized carbons (Fsp3) is 1.00. The second kappa shape index (κ2) is 33.9. The molecule has 1 atom stereocenters. The number of hydrogen-bond donors (Lipinski definition) is 5. The van der Waals surface area contributed by atoms with Gasteiger partial charge in [0.25, 0.3) is 0 Å². The van der Waals surface area contributed by atoms with E-state index in [0.717, 1.165) is 12.8 Å². The topological polar surface area (TPSA) is 169 Å². The van der Waals surface area contributed by atoms with Crippen molar-refractivity contribution in [3.8, 4) is 0 Å². The molecule has 0 radical (unpaired) electrons. The van der Waals surface area contributed by atoms with Gasteiger partial charge in [0.1, 0.15) is 0 Å². The summed E-state index contributed by atoms with van der Waals surface area (Å²) in [6, 6.07) is 0. The molecule has 0 heterocycles. The van der Waals surface area contributed by atoms with Crippen molar-refractivity contribution >= 4 is 50.4 Å². The Labute approximate surface area is 256 Å². The predicted octanol–water partition coefficient (Wildman–Crippen LogP) is 7.41. The van der Waals surface area contributed by atoms with Crippen LogP contribution in [0.5, 0.6) is 0 Å². The molecule has 0 bridgehead atoms. The van der Waals surface area contributed by atoms with Gasteiger partial charge in [-0.15, -0.1) is 0 Å². The Hall–Kier alpha value is 0.700. The van der Waals surface area contributed by atoms with E-state index in [1.54, 1.807) is 0 Å². The Bertz CT molecular complexity index is 599. The summed E-state index contributed by atoms with van der Waals surface area (Å²) >= 11 is 0. The summed E-state index contributed by atoms with van der Waals surface area (Å²) in [5.74, 6) is 0. The van der Waals surface area contributed by atoms with Gasteiger partial charge in [0, 0.05) is 0 Å². The summed E-state index contributed by atoms with van der Waals surface area (Å²) in [7, 11) is -9.33. The van der Waals surface area contributed by atoms with E-state index in [2.05, 4.69) is 13.8 Å². The Morgan fingerprint density at radius 2 is 0.579 bits per heavy atom. The quantitative estimate of drug-likeness (QED) is 0.0454. The molecule has 9 nitrogen and oxygen atoms in total. The number of aliphatic hydroxyl groups is 1. The fourth-order valence-electron chi connectivity index (χ4n) is 4.06. The van der Waals surface area contributed by atoms with Crippen molar-refractivity contribution in [3.63, 3.8) is 0 Å². The first-order valence-corrected chi connectivity index (χ1v) is 17.2. The van der Waals surface area contributed by atoms with Gasteiger partial charge in [0.05, 0.1) is 6.10 Å². The third-order valence-corrected chi connectivity index (χ3v) is 6.03. The first-order valence-electron chi connectivity index (χ1n) is 14.4. The van der Waals surface area contributed by atoms with E-state index in [1.165, 1.54) is 135 Å².